The lowest BCUT2D eigenvalue weighted by atomic mass is 10.0. The van der Waals surface area contributed by atoms with Gasteiger partial charge in [-0.25, -0.2) is 13.1 Å². The van der Waals surface area contributed by atoms with Crippen molar-refractivity contribution < 1.29 is 17.9 Å². The topological polar surface area (TPSA) is 84.5 Å². The van der Waals surface area contributed by atoms with Gasteiger partial charge in [-0.15, -0.1) is 0 Å². The summed E-state index contributed by atoms with van der Waals surface area (Å²) in [5.41, 5.74) is 0.667. The molecule has 2 aromatic carbocycles. The van der Waals surface area contributed by atoms with E-state index in [4.69, 9.17) is 16.3 Å². The van der Waals surface area contributed by atoms with Crippen molar-refractivity contribution in [3.63, 3.8) is 0 Å². The Kier molecular flexibility index (Phi) is 7.65. The Morgan fingerprint density at radius 2 is 1.74 bits per heavy atom. The molecule has 0 unspecified atom stereocenters. The molecule has 2 aromatic rings. The van der Waals surface area contributed by atoms with E-state index < -0.39 is 16.1 Å². The number of amides is 1. The largest absolute Gasteiger partial charge is 0.497 e. The van der Waals surface area contributed by atoms with Crippen LogP contribution in [0.25, 0.3) is 0 Å². The van der Waals surface area contributed by atoms with Crippen LogP contribution in [0.5, 0.6) is 5.75 Å². The molecule has 1 amide bonds. The number of sulfonamides is 1. The lowest BCUT2D eigenvalue weighted by Crippen LogP contribution is -2.34. The Hall–Kier alpha value is -2.09. The fourth-order valence-corrected chi connectivity index (χ4v) is 3.81. The number of carbonyl (C=O) groups is 1. The van der Waals surface area contributed by atoms with E-state index in [9.17, 15) is 13.2 Å². The molecule has 0 bridgehead atoms. The van der Waals surface area contributed by atoms with Gasteiger partial charge in [0.1, 0.15) is 5.75 Å². The average Bonchev–Trinajstić information content (AvgIpc) is 2.66. The van der Waals surface area contributed by atoms with Crippen LogP contribution >= 0.6 is 11.6 Å². The summed E-state index contributed by atoms with van der Waals surface area (Å²) >= 11 is 5.83. The predicted octanol–water partition coefficient (Wildman–Crippen LogP) is 3.28. The molecule has 2 rings (SSSR count). The van der Waals surface area contributed by atoms with Gasteiger partial charge in [0.15, 0.2) is 0 Å². The molecule has 27 heavy (non-hydrogen) atoms. The van der Waals surface area contributed by atoms with E-state index in [1.807, 2.05) is 6.92 Å². The van der Waals surface area contributed by atoms with Crippen LogP contribution in [0, 0.1) is 0 Å². The van der Waals surface area contributed by atoms with Crippen LogP contribution < -0.4 is 14.8 Å². The number of hydrogen-bond acceptors (Lipinski definition) is 4. The summed E-state index contributed by atoms with van der Waals surface area (Å²) in [5, 5.41) is 3.22. The van der Waals surface area contributed by atoms with Crippen LogP contribution in [0.2, 0.25) is 5.02 Å². The second kappa shape index (κ2) is 9.73. The summed E-state index contributed by atoms with van der Waals surface area (Å²) in [6.45, 7) is 2.49. The van der Waals surface area contributed by atoms with Crippen LogP contribution in [0.15, 0.2) is 53.4 Å². The molecule has 0 aromatic heterocycles. The molecule has 146 valence electrons. The first kappa shape index (κ1) is 21.2. The second-order valence-corrected chi connectivity index (χ2v) is 8.11. The van der Waals surface area contributed by atoms with E-state index in [0.29, 0.717) is 22.9 Å². The zero-order chi connectivity index (χ0) is 19.9. The Labute approximate surface area is 164 Å². The van der Waals surface area contributed by atoms with E-state index in [1.54, 1.807) is 31.4 Å². The molecule has 0 saturated heterocycles. The molecular formula is C19H23ClN2O4S. The minimum atomic E-state index is -3.83. The first-order valence-corrected chi connectivity index (χ1v) is 10.4. The molecule has 0 radical (unpaired) electrons. The maximum atomic E-state index is 12.7. The number of ether oxygens (including phenoxy) is 1. The van der Waals surface area contributed by atoms with Gasteiger partial charge in [-0.05, 0) is 48.4 Å². The highest BCUT2D eigenvalue weighted by Crippen LogP contribution is 2.23. The zero-order valence-electron chi connectivity index (χ0n) is 15.2. The smallest absolute Gasteiger partial charge is 0.241 e. The first-order valence-electron chi connectivity index (χ1n) is 8.54. The molecule has 0 aliphatic heterocycles. The average molecular weight is 411 g/mol. The van der Waals surface area contributed by atoms with Gasteiger partial charge in [0.05, 0.1) is 18.0 Å². The number of hydrogen-bond donors (Lipinski definition) is 2. The summed E-state index contributed by atoms with van der Waals surface area (Å²) in [6, 6.07) is 12.1. The maximum Gasteiger partial charge on any atom is 0.241 e. The highest BCUT2D eigenvalue weighted by Gasteiger charge is 2.23. The van der Waals surface area contributed by atoms with Crippen molar-refractivity contribution in [3.05, 3.63) is 59.1 Å². The molecule has 2 N–H and O–H groups in total. The Bertz CT molecular complexity index is 852. The lowest BCUT2D eigenvalue weighted by Gasteiger charge is -2.19. The van der Waals surface area contributed by atoms with Crippen LogP contribution in [-0.4, -0.2) is 28.0 Å². The third-order valence-corrected chi connectivity index (χ3v) is 5.64. The molecule has 0 aliphatic carbocycles. The highest BCUT2D eigenvalue weighted by atomic mass is 35.5. The van der Waals surface area contributed by atoms with Gasteiger partial charge in [0.2, 0.25) is 15.9 Å². The number of halogens is 1. The van der Waals surface area contributed by atoms with Gasteiger partial charge >= 0.3 is 0 Å². The molecule has 6 nitrogen and oxygen atoms in total. The van der Waals surface area contributed by atoms with Crippen molar-refractivity contribution in [1.82, 2.24) is 10.0 Å². The fraction of sp³-hybridized carbons (Fsp3) is 0.316. The third kappa shape index (κ3) is 6.23. The van der Waals surface area contributed by atoms with E-state index in [2.05, 4.69) is 10.0 Å². The minimum Gasteiger partial charge on any atom is -0.497 e. The molecule has 0 fully saturated rings. The third-order valence-electron chi connectivity index (χ3n) is 3.90. The zero-order valence-corrected chi connectivity index (χ0v) is 16.8. The second-order valence-electron chi connectivity index (χ2n) is 5.96. The van der Waals surface area contributed by atoms with Crippen molar-refractivity contribution in [1.29, 1.82) is 0 Å². The van der Waals surface area contributed by atoms with Crippen molar-refractivity contribution in [3.8, 4) is 5.75 Å². The molecule has 1 atom stereocenters. The summed E-state index contributed by atoms with van der Waals surface area (Å²) in [5.74, 6) is 0.421. The van der Waals surface area contributed by atoms with Crippen LogP contribution in [0.4, 0.5) is 0 Å². The van der Waals surface area contributed by atoms with E-state index in [0.717, 1.165) is 6.42 Å². The molecule has 8 heteroatoms. The van der Waals surface area contributed by atoms with Gasteiger partial charge in [-0.1, -0.05) is 30.7 Å². The standard InChI is InChI=1S/C19H23ClN2O4S/c1-3-12-21-19(23)13-18(14-4-8-16(26-2)9-5-14)22-27(24,25)17-10-6-15(20)7-11-17/h4-11,18,22H,3,12-13H2,1-2H3,(H,21,23)/t18-/m0/s1. The Morgan fingerprint density at radius 1 is 1.11 bits per heavy atom. The van der Waals surface area contributed by atoms with Gasteiger partial charge in [-0.2, -0.15) is 0 Å². The first-order chi connectivity index (χ1) is 12.9. The van der Waals surface area contributed by atoms with Crippen molar-refractivity contribution in [2.75, 3.05) is 13.7 Å². The summed E-state index contributed by atoms with van der Waals surface area (Å²) < 4.78 is 33.2. The predicted molar refractivity (Wildman–Crippen MR) is 105 cm³/mol. The molecule has 0 spiro atoms. The minimum absolute atomic E-state index is 0.0147. The fourth-order valence-electron chi connectivity index (χ4n) is 2.45. The van der Waals surface area contributed by atoms with Crippen LogP contribution in [0.3, 0.4) is 0 Å². The molecule has 0 saturated carbocycles. The normalized spacial score (nSPS) is 12.4. The van der Waals surface area contributed by atoms with E-state index in [1.165, 1.54) is 24.3 Å². The van der Waals surface area contributed by atoms with E-state index >= 15 is 0 Å². The van der Waals surface area contributed by atoms with Crippen molar-refractivity contribution >= 4 is 27.5 Å². The molecular weight excluding hydrogens is 388 g/mol. The Morgan fingerprint density at radius 3 is 2.30 bits per heavy atom. The summed E-state index contributed by atoms with van der Waals surface area (Å²) in [6.07, 6.45) is 0.786. The Balaban J connectivity index is 2.27. The van der Waals surface area contributed by atoms with Crippen molar-refractivity contribution in [2.24, 2.45) is 0 Å². The molecule has 0 heterocycles. The van der Waals surface area contributed by atoms with Gasteiger partial charge in [0.25, 0.3) is 0 Å². The summed E-state index contributed by atoms with van der Waals surface area (Å²) in [7, 11) is -2.28. The monoisotopic (exact) mass is 410 g/mol. The maximum absolute atomic E-state index is 12.7. The molecule has 0 aliphatic rings. The quantitative estimate of drug-likeness (QED) is 0.664. The lowest BCUT2D eigenvalue weighted by molar-refractivity contribution is -0.121. The summed E-state index contributed by atoms with van der Waals surface area (Å²) in [4.78, 5) is 12.3. The van der Waals surface area contributed by atoms with Gasteiger partial charge in [0, 0.05) is 18.0 Å². The number of nitrogens with one attached hydrogen (secondary N) is 2. The number of rotatable bonds is 9. The number of benzene rings is 2. The SMILES string of the molecule is CCCNC(=O)C[C@H](NS(=O)(=O)c1ccc(Cl)cc1)c1ccc(OC)cc1. The highest BCUT2D eigenvalue weighted by molar-refractivity contribution is 7.89. The van der Waals surface area contributed by atoms with Gasteiger partial charge in [-0.3, -0.25) is 4.79 Å². The number of methoxy groups -OCH3 is 1. The van der Waals surface area contributed by atoms with E-state index in [-0.39, 0.29) is 17.2 Å². The van der Waals surface area contributed by atoms with Crippen LogP contribution in [-0.2, 0) is 14.8 Å². The van der Waals surface area contributed by atoms with Crippen molar-refractivity contribution in [2.45, 2.75) is 30.7 Å². The number of carbonyl (C=O) groups excluding carboxylic acids is 1. The van der Waals surface area contributed by atoms with Gasteiger partial charge < -0.3 is 10.1 Å². The van der Waals surface area contributed by atoms with Crippen LogP contribution in [0.1, 0.15) is 31.4 Å².